The third-order valence-corrected chi connectivity index (χ3v) is 9.13. The molecular formula is C28H34N5O11PS2. The second-order valence-corrected chi connectivity index (χ2v) is 13.6. The van der Waals surface area contributed by atoms with E-state index in [-0.39, 0.29) is 31.4 Å². The minimum Gasteiger partial charge on any atom is -0.431 e. The van der Waals surface area contributed by atoms with E-state index in [2.05, 4.69) is 15.6 Å². The number of benzene rings is 1. The predicted octanol–water partition coefficient (Wildman–Crippen LogP) is 0.821. The average Bonchev–Trinajstić information content (AvgIpc) is 3.54. The number of amides is 2. The normalized spacial score (nSPS) is 21.8. The number of ether oxygens (including phenoxy) is 3. The lowest BCUT2D eigenvalue weighted by Crippen LogP contribution is -2.42. The van der Waals surface area contributed by atoms with Crippen LogP contribution in [-0.4, -0.2) is 88.0 Å². The monoisotopic (exact) mass is 711 g/mol. The third kappa shape index (κ3) is 10.4. The number of nitrogens with one attached hydrogen (secondary N) is 3. The smallest absolute Gasteiger partial charge is 0.431 e. The minimum absolute atomic E-state index is 0.0281. The summed E-state index contributed by atoms with van der Waals surface area (Å²) >= 11 is 10.4. The van der Waals surface area contributed by atoms with Crippen LogP contribution in [0.25, 0.3) is 0 Å². The van der Waals surface area contributed by atoms with Crippen LogP contribution in [0.3, 0.4) is 0 Å². The summed E-state index contributed by atoms with van der Waals surface area (Å²) in [7, 11) is 1.19. The first kappa shape index (κ1) is 36.1. The van der Waals surface area contributed by atoms with E-state index in [1.807, 2.05) is 6.07 Å². The van der Waals surface area contributed by atoms with E-state index in [1.54, 1.807) is 24.3 Å². The van der Waals surface area contributed by atoms with Gasteiger partial charge in [0.1, 0.15) is 31.6 Å². The van der Waals surface area contributed by atoms with Crippen molar-refractivity contribution in [2.45, 2.75) is 37.9 Å². The number of carbonyl (C=O) groups excluding carboxylic acids is 3. The van der Waals surface area contributed by atoms with Crippen molar-refractivity contribution in [3.05, 3.63) is 81.1 Å². The summed E-state index contributed by atoms with van der Waals surface area (Å²) < 4.78 is 28.7. The van der Waals surface area contributed by atoms with E-state index >= 15 is 0 Å². The summed E-state index contributed by atoms with van der Waals surface area (Å²) in [5.74, 6) is -1.45. The molecule has 254 valence electrons. The van der Waals surface area contributed by atoms with Gasteiger partial charge in [-0.2, -0.15) is 0 Å². The Labute approximate surface area is 279 Å². The molecule has 2 aliphatic heterocycles. The zero-order valence-corrected chi connectivity index (χ0v) is 27.7. The summed E-state index contributed by atoms with van der Waals surface area (Å²) in [6.45, 7) is -3.48. The van der Waals surface area contributed by atoms with Crippen LogP contribution in [0.1, 0.15) is 24.6 Å². The summed E-state index contributed by atoms with van der Waals surface area (Å²) in [5.41, 5.74) is -0.613. The van der Waals surface area contributed by atoms with Gasteiger partial charge in [0.05, 0.1) is 0 Å². The summed E-state index contributed by atoms with van der Waals surface area (Å²) in [6.07, 6.45) is 0.357. The van der Waals surface area contributed by atoms with Gasteiger partial charge in [-0.1, -0.05) is 30.3 Å². The number of hydrogen-bond acceptors (Lipinski definition) is 12. The second kappa shape index (κ2) is 16.9. The van der Waals surface area contributed by atoms with Crippen molar-refractivity contribution < 1.29 is 42.5 Å². The molecule has 2 aromatic rings. The number of thiocarbonyl (C=S) groups is 1. The molecule has 1 aromatic carbocycles. The highest BCUT2D eigenvalue weighted by molar-refractivity contribution is 8.07. The lowest BCUT2D eigenvalue weighted by Gasteiger charge is -2.27. The van der Waals surface area contributed by atoms with Crippen LogP contribution in [0, 0.1) is 5.92 Å². The highest BCUT2D eigenvalue weighted by Crippen LogP contribution is 2.50. The molecule has 0 spiro atoms. The molecule has 4 rings (SSSR count). The lowest BCUT2D eigenvalue weighted by molar-refractivity contribution is -0.136. The van der Waals surface area contributed by atoms with Crippen LogP contribution in [0.15, 0.2) is 64.3 Å². The molecule has 5 atom stereocenters. The molecule has 1 aromatic heterocycles. The Balaban J connectivity index is 1.41. The summed E-state index contributed by atoms with van der Waals surface area (Å²) in [5, 5.41) is 6.24. The Morgan fingerprint density at radius 1 is 1.06 bits per heavy atom. The molecule has 3 heterocycles. The number of rotatable bonds is 15. The van der Waals surface area contributed by atoms with Crippen molar-refractivity contribution >= 4 is 53.8 Å². The zero-order valence-electron chi connectivity index (χ0n) is 25.1. The number of aromatic amines is 1. The molecule has 4 N–H and O–H groups in total. The Hall–Kier alpha value is -3.77. The molecule has 0 bridgehead atoms. The highest BCUT2D eigenvalue weighted by atomic mass is 32.5. The molecule has 0 radical (unpaired) electrons. The molecule has 1 fully saturated rings. The average molecular weight is 712 g/mol. The summed E-state index contributed by atoms with van der Waals surface area (Å²) in [4.78, 5) is 74.2. The van der Waals surface area contributed by atoms with Crippen LogP contribution in [-0.2, 0) is 51.3 Å². The molecular weight excluding hydrogens is 677 g/mol. The minimum atomic E-state index is -3.79. The summed E-state index contributed by atoms with van der Waals surface area (Å²) in [6, 6.07) is 10.1. The number of aromatic nitrogens is 2. The number of H-pyrrole nitrogens is 1. The van der Waals surface area contributed by atoms with Crippen molar-refractivity contribution in [3.8, 4) is 0 Å². The van der Waals surface area contributed by atoms with Gasteiger partial charge in [-0.15, -0.1) is 0 Å². The maximum absolute atomic E-state index is 12.8. The van der Waals surface area contributed by atoms with Gasteiger partial charge in [0.15, 0.2) is 5.11 Å². The third-order valence-electron chi connectivity index (χ3n) is 7.17. The topological polar surface area (TPSA) is 200 Å². The maximum Gasteiger partial charge on any atom is 0.508 e. The van der Waals surface area contributed by atoms with Crippen molar-refractivity contribution in [2.24, 2.45) is 5.92 Å². The fraction of sp³-hybridized carbons (Fsp3) is 0.429. The van der Waals surface area contributed by atoms with Gasteiger partial charge in [0.25, 0.3) is 17.4 Å². The molecule has 0 aliphatic carbocycles. The van der Waals surface area contributed by atoms with Gasteiger partial charge in [-0.25, -0.2) is 9.59 Å². The van der Waals surface area contributed by atoms with E-state index < -0.39 is 60.3 Å². The Kier molecular flexibility index (Phi) is 12.9. The standard InChI is InChI=1S/C28H34N5O11PS2/c1-40-45(39,47)44-24-19(8-5-12-29-26(46)30-13-15-32-22(35)9-10-23(32)36)25(33-14-11-21(34)31-27(33)37)43-20(24)17-42-28(38)41-16-18-6-3-2-4-7-18/h2-4,6-7,9-11,14,19-20,24-25H,5,8,12-13,15-17H2,1H3,(H,39,47)(H2,29,30,46)(H,31,34,37)/t19-,20+,24?,25+,45?/m0/s1. The SMILES string of the molecule is COP(O)(=S)OC1[C@@H](COC(=O)OCc2ccccc2)O[C@@H](n2ccc(=O)[nH]c2=O)[C@H]1CCCNC(=S)NCCN1C(=O)C=CC1=O. The maximum atomic E-state index is 12.8. The second-order valence-electron chi connectivity index (χ2n) is 10.3. The van der Waals surface area contributed by atoms with Crippen LogP contribution >= 0.6 is 18.9 Å². The van der Waals surface area contributed by atoms with E-state index in [0.717, 1.165) is 16.5 Å². The number of hydrogen-bond donors (Lipinski definition) is 4. The Bertz CT molecular complexity index is 1620. The van der Waals surface area contributed by atoms with Gasteiger partial charge >= 0.3 is 18.6 Å². The van der Waals surface area contributed by atoms with Crippen molar-refractivity contribution in [1.82, 2.24) is 25.1 Å². The molecule has 2 amide bonds. The van der Waals surface area contributed by atoms with Crippen molar-refractivity contribution in [1.29, 1.82) is 0 Å². The molecule has 0 saturated carbocycles. The van der Waals surface area contributed by atoms with Crippen molar-refractivity contribution in [2.75, 3.05) is 33.4 Å². The van der Waals surface area contributed by atoms with Gasteiger partial charge in [0.2, 0.25) is 0 Å². The first-order valence-corrected chi connectivity index (χ1v) is 17.4. The predicted molar refractivity (Wildman–Crippen MR) is 173 cm³/mol. The van der Waals surface area contributed by atoms with E-state index in [4.69, 9.17) is 47.3 Å². The first-order chi connectivity index (χ1) is 22.5. The number of imide groups is 1. The van der Waals surface area contributed by atoms with Crippen LogP contribution in [0.5, 0.6) is 0 Å². The lowest BCUT2D eigenvalue weighted by atomic mass is 9.94. The van der Waals surface area contributed by atoms with Crippen LogP contribution in [0.4, 0.5) is 4.79 Å². The van der Waals surface area contributed by atoms with Gasteiger partial charge in [-0.05, 0) is 42.4 Å². The van der Waals surface area contributed by atoms with Crippen molar-refractivity contribution in [3.63, 3.8) is 0 Å². The first-order valence-electron chi connectivity index (χ1n) is 14.4. The Morgan fingerprint density at radius 2 is 1.77 bits per heavy atom. The van der Waals surface area contributed by atoms with Gasteiger partial charge in [0, 0.05) is 57.1 Å². The van der Waals surface area contributed by atoms with Crippen LogP contribution < -0.4 is 21.9 Å². The molecule has 2 aliphatic rings. The number of nitrogens with zero attached hydrogens (tertiary/aromatic N) is 2. The highest BCUT2D eigenvalue weighted by Gasteiger charge is 2.49. The van der Waals surface area contributed by atoms with E-state index in [0.29, 0.717) is 19.4 Å². The molecule has 47 heavy (non-hydrogen) atoms. The molecule has 16 nitrogen and oxygen atoms in total. The van der Waals surface area contributed by atoms with Gasteiger partial charge in [-0.3, -0.25) is 28.8 Å². The molecule has 19 heteroatoms. The van der Waals surface area contributed by atoms with Gasteiger partial charge < -0.3 is 38.8 Å². The Morgan fingerprint density at radius 3 is 2.45 bits per heavy atom. The zero-order chi connectivity index (χ0) is 34.0. The van der Waals surface area contributed by atoms with E-state index in [1.165, 1.54) is 30.0 Å². The fourth-order valence-corrected chi connectivity index (χ4v) is 6.11. The quantitative estimate of drug-likeness (QED) is 0.0665. The molecule has 2 unspecified atom stereocenters. The largest absolute Gasteiger partial charge is 0.508 e. The number of carbonyl (C=O) groups is 3. The van der Waals surface area contributed by atoms with E-state index in [9.17, 15) is 28.9 Å². The molecule has 1 saturated heterocycles. The fourth-order valence-electron chi connectivity index (χ4n) is 4.92. The van der Waals surface area contributed by atoms with Crippen LogP contribution in [0.2, 0.25) is 0 Å².